The highest BCUT2D eigenvalue weighted by Crippen LogP contribution is 2.35. The second-order valence-electron chi connectivity index (χ2n) is 8.89. The fourth-order valence-electron chi connectivity index (χ4n) is 4.69. The molecule has 2 aromatic carbocycles. The van der Waals surface area contributed by atoms with Crippen LogP contribution in [0.2, 0.25) is 5.02 Å². The standard InChI is InChI=1S/C24H28ClN3O4S/c1-15-6-7-20(13-22(15)25)26-24(30)18-5-4-10-27(14-18)33(31,32)21-8-9-23-19(12-21)11-16(2)28(23)17(3)29/h6-9,12-13,16,18H,4-5,10-11,14H2,1-3H3,(H,26,30)/t16-,18+/m0/s1. The summed E-state index contributed by atoms with van der Waals surface area (Å²) in [7, 11) is -3.76. The van der Waals surface area contributed by atoms with Crippen molar-refractivity contribution >= 4 is 44.8 Å². The summed E-state index contributed by atoms with van der Waals surface area (Å²) in [5.74, 6) is -0.720. The summed E-state index contributed by atoms with van der Waals surface area (Å²) in [6.45, 7) is 5.84. The molecule has 2 aliphatic heterocycles. The highest BCUT2D eigenvalue weighted by molar-refractivity contribution is 7.89. The number of rotatable bonds is 4. The number of hydrogen-bond acceptors (Lipinski definition) is 4. The Balaban J connectivity index is 1.51. The smallest absolute Gasteiger partial charge is 0.243 e. The highest BCUT2D eigenvalue weighted by Gasteiger charge is 2.35. The van der Waals surface area contributed by atoms with Gasteiger partial charge in [0.25, 0.3) is 0 Å². The lowest BCUT2D eigenvalue weighted by atomic mass is 9.98. The van der Waals surface area contributed by atoms with Crippen LogP contribution in [0.15, 0.2) is 41.3 Å². The van der Waals surface area contributed by atoms with E-state index in [0.29, 0.717) is 36.5 Å². The number of anilines is 2. The van der Waals surface area contributed by atoms with E-state index in [2.05, 4.69) is 5.32 Å². The molecule has 2 aromatic rings. The molecule has 0 radical (unpaired) electrons. The minimum Gasteiger partial charge on any atom is -0.326 e. The number of halogens is 1. The summed E-state index contributed by atoms with van der Waals surface area (Å²) < 4.78 is 28.2. The van der Waals surface area contributed by atoms with E-state index in [9.17, 15) is 18.0 Å². The fourth-order valence-corrected chi connectivity index (χ4v) is 6.44. The van der Waals surface area contributed by atoms with Gasteiger partial charge in [0.05, 0.1) is 10.8 Å². The van der Waals surface area contributed by atoms with Crippen LogP contribution in [0.5, 0.6) is 0 Å². The summed E-state index contributed by atoms with van der Waals surface area (Å²) in [5, 5.41) is 3.43. The van der Waals surface area contributed by atoms with Crippen molar-refractivity contribution in [1.82, 2.24) is 4.31 Å². The minimum atomic E-state index is -3.76. The van der Waals surface area contributed by atoms with Gasteiger partial charge in [-0.25, -0.2) is 8.42 Å². The monoisotopic (exact) mass is 489 g/mol. The van der Waals surface area contributed by atoms with Crippen LogP contribution >= 0.6 is 11.6 Å². The van der Waals surface area contributed by atoms with Gasteiger partial charge in [-0.2, -0.15) is 4.31 Å². The van der Waals surface area contributed by atoms with E-state index in [1.165, 1.54) is 11.2 Å². The summed E-state index contributed by atoms with van der Waals surface area (Å²) in [6.07, 6.45) is 1.83. The number of amides is 2. The molecule has 2 aliphatic rings. The first kappa shape index (κ1) is 23.7. The minimum absolute atomic E-state index is 0.00575. The third kappa shape index (κ3) is 4.65. The van der Waals surface area contributed by atoms with E-state index in [1.54, 1.807) is 35.2 Å². The van der Waals surface area contributed by atoms with Gasteiger partial charge in [-0.15, -0.1) is 0 Å². The Kier molecular flexibility index (Phi) is 6.53. The molecule has 0 aliphatic carbocycles. The zero-order chi connectivity index (χ0) is 23.9. The number of sulfonamides is 1. The SMILES string of the molecule is CC(=O)N1c2ccc(S(=O)(=O)N3CCC[C@@H](C(=O)Nc4ccc(C)c(Cl)c4)C3)cc2C[C@@H]1C. The number of nitrogens with zero attached hydrogens (tertiary/aromatic N) is 2. The molecule has 0 saturated carbocycles. The van der Waals surface area contributed by atoms with Gasteiger partial charge in [-0.3, -0.25) is 9.59 Å². The molecule has 4 rings (SSSR count). The lowest BCUT2D eigenvalue weighted by Gasteiger charge is -2.31. The van der Waals surface area contributed by atoms with E-state index in [1.807, 2.05) is 19.9 Å². The highest BCUT2D eigenvalue weighted by atomic mass is 35.5. The van der Waals surface area contributed by atoms with Gasteiger partial charge in [-0.1, -0.05) is 17.7 Å². The molecule has 9 heteroatoms. The number of piperidine rings is 1. The molecule has 2 heterocycles. The van der Waals surface area contributed by atoms with Crippen molar-refractivity contribution in [1.29, 1.82) is 0 Å². The number of carbonyl (C=O) groups is 2. The van der Waals surface area contributed by atoms with Crippen LogP contribution in [0.25, 0.3) is 0 Å². The number of hydrogen-bond donors (Lipinski definition) is 1. The Morgan fingerprint density at radius 2 is 1.91 bits per heavy atom. The molecule has 33 heavy (non-hydrogen) atoms. The predicted octanol–water partition coefficient (Wildman–Crippen LogP) is 3.99. The molecule has 0 spiro atoms. The van der Waals surface area contributed by atoms with Gasteiger partial charge in [0.1, 0.15) is 0 Å². The van der Waals surface area contributed by atoms with Gasteiger partial charge in [0, 0.05) is 42.5 Å². The van der Waals surface area contributed by atoms with Crippen molar-refractivity contribution in [3.63, 3.8) is 0 Å². The zero-order valence-corrected chi connectivity index (χ0v) is 20.5. The van der Waals surface area contributed by atoms with Crippen molar-refractivity contribution in [3.8, 4) is 0 Å². The second-order valence-corrected chi connectivity index (χ2v) is 11.2. The number of nitrogens with one attached hydrogen (secondary N) is 1. The fraction of sp³-hybridized carbons (Fsp3) is 0.417. The van der Waals surface area contributed by atoms with Crippen LogP contribution in [0.1, 0.15) is 37.8 Å². The van der Waals surface area contributed by atoms with Crippen LogP contribution < -0.4 is 10.2 Å². The molecular formula is C24H28ClN3O4S. The average molecular weight is 490 g/mol. The van der Waals surface area contributed by atoms with Crippen molar-refractivity contribution < 1.29 is 18.0 Å². The molecule has 0 aromatic heterocycles. The maximum atomic E-state index is 13.4. The van der Waals surface area contributed by atoms with Crippen molar-refractivity contribution in [3.05, 3.63) is 52.5 Å². The average Bonchev–Trinajstić information content (AvgIpc) is 3.11. The first-order valence-electron chi connectivity index (χ1n) is 11.1. The molecule has 2 atom stereocenters. The van der Waals surface area contributed by atoms with E-state index in [4.69, 9.17) is 11.6 Å². The summed E-state index contributed by atoms with van der Waals surface area (Å²) in [4.78, 5) is 26.7. The van der Waals surface area contributed by atoms with Crippen molar-refractivity contribution in [2.24, 2.45) is 5.92 Å². The predicted molar refractivity (Wildman–Crippen MR) is 129 cm³/mol. The lowest BCUT2D eigenvalue weighted by Crippen LogP contribution is -2.43. The first-order chi connectivity index (χ1) is 15.6. The molecule has 1 N–H and O–H groups in total. The van der Waals surface area contributed by atoms with Gasteiger partial charge in [0.15, 0.2) is 0 Å². The largest absolute Gasteiger partial charge is 0.326 e. The van der Waals surface area contributed by atoms with Crippen molar-refractivity contribution in [2.75, 3.05) is 23.3 Å². The molecular weight excluding hydrogens is 462 g/mol. The van der Waals surface area contributed by atoms with Gasteiger partial charge < -0.3 is 10.2 Å². The van der Waals surface area contributed by atoms with Gasteiger partial charge in [-0.05, 0) is 74.6 Å². The second kappa shape index (κ2) is 9.08. The quantitative estimate of drug-likeness (QED) is 0.703. The topological polar surface area (TPSA) is 86.8 Å². The van der Waals surface area contributed by atoms with Gasteiger partial charge in [0.2, 0.25) is 21.8 Å². The van der Waals surface area contributed by atoms with Gasteiger partial charge >= 0.3 is 0 Å². The Bertz CT molecular complexity index is 1210. The van der Waals surface area contributed by atoms with Crippen LogP contribution in [-0.2, 0) is 26.0 Å². The van der Waals surface area contributed by atoms with Crippen molar-refractivity contribution in [2.45, 2.75) is 51.0 Å². The molecule has 176 valence electrons. The zero-order valence-electron chi connectivity index (χ0n) is 19.0. The molecule has 1 saturated heterocycles. The first-order valence-corrected chi connectivity index (χ1v) is 12.9. The van der Waals surface area contributed by atoms with E-state index in [0.717, 1.165) is 16.8 Å². The molecule has 7 nitrogen and oxygen atoms in total. The summed E-state index contributed by atoms with van der Waals surface area (Å²) in [6, 6.07) is 10.2. The molecule has 0 unspecified atom stereocenters. The normalized spacial score (nSPS) is 21.0. The number of carbonyl (C=O) groups excluding carboxylic acids is 2. The Hall–Kier alpha value is -2.42. The summed E-state index contributed by atoms with van der Waals surface area (Å²) >= 11 is 6.15. The van der Waals surface area contributed by atoms with E-state index >= 15 is 0 Å². The molecule has 0 bridgehead atoms. The molecule has 1 fully saturated rings. The van der Waals surface area contributed by atoms with E-state index in [-0.39, 0.29) is 29.3 Å². The molecule has 2 amide bonds. The number of fused-ring (bicyclic) bond motifs is 1. The Labute approximate surface area is 199 Å². The van der Waals surface area contributed by atoms with Crippen LogP contribution in [0.3, 0.4) is 0 Å². The Morgan fingerprint density at radius 3 is 2.61 bits per heavy atom. The summed E-state index contributed by atoms with van der Waals surface area (Å²) in [5.41, 5.74) is 3.13. The number of benzene rings is 2. The van der Waals surface area contributed by atoms with Crippen LogP contribution in [-0.4, -0.2) is 43.7 Å². The Morgan fingerprint density at radius 1 is 1.15 bits per heavy atom. The lowest BCUT2D eigenvalue weighted by molar-refractivity contribution is -0.121. The third-order valence-corrected chi connectivity index (χ3v) is 8.71. The number of aryl methyl sites for hydroxylation is 1. The maximum Gasteiger partial charge on any atom is 0.243 e. The van der Waals surface area contributed by atoms with Crippen LogP contribution in [0, 0.1) is 12.8 Å². The van der Waals surface area contributed by atoms with Crippen LogP contribution in [0.4, 0.5) is 11.4 Å². The maximum absolute atomic E-state index is 13.4. The van der Waals surface area contributed by atoms with E-state index < -0.39 is 15.9 Å². The third-order valence-electron chi connectivity index (χ3n) is 6.44.